The molecule has 0 spiro atoms. The maximum absolute atomic E-state index is 5.77. The molecule has 0 aliphatic carbocycles. The summed E-state index contributed by atoms with van der Waals surface area (Å²) in [6.45, 7) is 0.348. The van der Waals surface area contributed by atoms with Crippen molar-refractivity contribution < 1.29 is 0 Å². The van der Waals surface area contributed by atoms with Crippen LogP contribution >= 0.6 is 11.6 Å². The largest absolute Gasteiger partial charge is 0.324 e. The van der Waals surface area contributed by atoms with Crippen molar-refractivity contribution in [2.45, 2.75) is 6.54 Å². The van der Waals surface area contributed by atoms with Gasteiger partial charge in [0, 0.05) is 5.02 Å². The molecule has 0 atom stereocenters. The molecule has 72 valence electrons. The van der Waals surface area contributed by atoms with E-state index in [2.05, 4.69) is 10.1 Å². The van der Waals surface area contributed by atoms with E-state index in [-0.39, 0.29) is 0 Å². The Bertz CT molecular complexity index is 421. The monoisotopic (exact) mass is 208 g/mol. The number of rotatable bonds is 2. The highest BCUT2D eigenvalue weighted by Gasteiger charge is 2.00. The first-order valence-electron chi connectivity index (χ1n) is 4.16. The van der Waals surface area contributed by atoms with Crippen molar-refractivity contribution in [1.82, 2.24) is 14.8 Å². The maximum Gasteiger partial charge on any atom is 0.164 e. The summed E-state index contributed by atoms with van der Waals surface area (Å²) in [6, 6.07) is 7.36. The lowest BCUT2D eigenvalue weighted by molar-refractivity contribution is 0.830. The fourth-order valence-electron chi connectivity index (χ4n) is 1.11. The standard InChI is InChI=1S/C9H9ClN4/c10-7-1-3-8(4-2-7)14-6-12-9(5-11)13-14/h1-4,6H,5,11H2. The molecule has 2 N–H and O–H groups in total. The van der Waals surface area contributed by atoms with E-state index in [1.165, 1.54) is 0 Å². The fraction of sp³-hybridized carbons (Fsp3) is 0.111. The van der Waals surface area contributed by atoms with Gasteiger partial charge in [0.2, 0.25) is 0 Å². The smallest absolute Gasteiger partial charge is 0.164 e. The van der Waals surface area contributed by atoms with Gasteiger partial charge >= 0.3 is 0 Å². The summed E-state index contributed by atoms with van der Waals surface area (Å²) in [6.07, 6.45) is 1.63. The quantitative estimate of drug-likeness (QED) is 0.811. The zero-order chi connectivity index (χ0) is 9.97. The summed E-state index contributed by atoms with van der Waals surface area (Å²) in [7, 11) is 0. The van der Waals surface area contributed by atoms with E-state index < -0.39 is 0 Å². The molecule has 5 heteroatoms. The summed E-state index contributed by atoms with van der Waals surface area (Å²) < 4.78 is 1.67. The summed E-state index contributed by atoms with van der Waals surface area (Å²) in [4.78, 5) is 4.03. The molecule has 0 aliphatic rings. The number of halogens is 1. The zero-order valence-electron chi connectivity index (χ0n) is 7.39. The predicted octanol–water partition coefficient (Wildman–Crippen LogP) is 1.38. The van der Waals surface area contributed by atoms with Crippen LogP contribution in [0.15, 0.2) is 30.6 Å². The second-order valence-corrected chi connectivity index (χ2v) is 3.22. The maximum atomic E-state index is 5.77. The lowest BCUT2D eigenvalue weighted by Crippen LogP contribution is -2.00. The van der Waals surface area contributed by atoms with Crippen LogP contribution in [0, 0.1) is 0 Å². The molecule has 0 radical (unpaired) electrons. The summed E-state index contributed by atoms with van der Waals surface area (Å²) in [5.41, 5.74) is 6.32. The Morgan fingerprint density at radius 2 is 2.00 bits per heavy atom. The highest BCUT2D eigenvalue weighted by Crippen LogP contribution is 2.12. The van der Waals surface area contributed by atoms with Gasteiger partial charge in [-0.3, -0.25) is 0 Å². The van der Waals surface area contributed by atoms with Crippen molar-refractivity contribution in [1.29, 1.82) is 0 Å². The molecule has 1 aromatic heterocycles. The van der Waals surface area contributed by atoms with Crippen LogP contribution < -0.4 is 5.73 Å². The summed E-state index contributed by atoms with van der Waals surface area (Å²) in [5.74, 6) is 0.625. The molecule has 1 aromatic carbocycles. The molecule has 0 saturated carbocycles. The van der Waals surface area contributed by atoms with Gasteiger partial charge in [-0.25, -0.2) is 9.67 Å². The minimum Gasteiger partial charge on any atom is -0.324 e. The summed E-state index contributed by atoms with van der Waals surface area (Å²) >= 11 is 5.77. The van der Waals surface area contributed by atoms with Crippen molar-refractivity contribution >= 4 is 11.6 Å². The van der Waals surface area contributed by atoms with E-state index in [0.29, 0.717) is 17.4 Å². The van der Waals surface area contributed by atoms with Crippen LogP contribution in [0.1, 0.15) is 5.82 Å². The Hall–Kier alpha value is -1.39. The van der Waals surface area contributed by atoms with Crippen LogP contribution in [0.4, 0.5) is 0 Å². The van der Waals surface area contributed by atoms with Crippen LogP contribution in [-0.4, -0.2) is 14.8 Å². The Morgan fingerprint density at radius 1 is 1.29 bits per heavy atom. The Labute approximate surface area is 86.3 Å². The number of nitrogens with two attached hydrogens (primary N) is 1. The highest BCUT2D eigenvalue weighted by molar-refractivity contribution is 6.30. The van der Waals surface area contributed by atoms with Crippen LogP contribution in [0.3, 0.4) is 0 Å². The molecule has 4 nitrogen and oxygen atoms in total. The second kappa shape index (κ2) is 3.77. The SMILES string of the molecule is NCc1ncn(-c2ccc(Cl)cc2)n1. The molecule has 1 heterocycles. The van der Waals surface area contributed by atoms with Crippen molar-refractivity contribution in [3.8, 4) is 5.69 Å². The lowest BCUT2D eigenvalue weighted by atomic mass is 10.3. The molecule has 0 aliphatic heterocycles. The molecule has 14 heavy (non-hydrogen) atoms. The molecule has 2 rings (SSSR count). The van der Waals surface area contributed by atoms with Gasteiger partial charge in [-0.1, -0.05) is 11.6 Å². The van der Waals surface area contributed by atoms with E-state index in [0.717, 1.165) is 5.69 Å². The van der Waals surface area contributed by atoms with E-state index in [9.17, 15) is 0 Å². The molecule has 0 amide bonds. The molecule has 0 unspecified atom stereocenters. The number of hydrogen-bond donors (Lipinski definition) is 1. The number of nitrogens with zero attached hydrogens (tertiary/aromatic N) is 3. The third kappa shape index (κ3) is 1.76. The molecular formula is C9H9ClN4. The predicted molar refractivity (Wildman–Crippen MR) is 54.3 cm³/mol. The van der Waals surface area contributed by atoms with Crippen LogP contribution in [0.5, 0.6) is 0 Å². The minimum atomic E-state index is 0.348. The Balaban J connectivity index is 2.34. The highest BCUT2D eigenvalue weighted by atomic mass is 35.5. The Kier molecular flexibility index (Phi) is 2.47. The van der Waals surface area contributed by atoms with Crippen molar-refractivity contribution in [3.05, 3.63) is 41.4 Å². The van der Waals surface area contributed by atoms with Gasteiger partial charge in [0.15, 0.2) is 5.82 Å². The number of hydrogen-bond acceptors (Lipinski definition) is 3. The fourth-order valence-corrected chi connectivity index (χ4v) is 1.24. The van der Waals surface area contributed by atoms with Crippen LogP contribution in [0.25, 0.3) is 5.69 Å². The average molecular weight is 209 g/mol. The zero-order valence-corrected chi connectivity index (χ0v) is 8.15. The van der Waals surface area contributed by atoms with E-state index >= 15 is 0 Å². The minimum absolute atomic E-state index is 0.348. The van der Waals surface area contributed by atoms with Gasteiger partial charge in [-0.2, -0.15) is 0 Å². The first-order chi connectivity index (χ1) is 6.79. The van der Waals surface area contributed by atoms with Crippen molar-refractivity contribution in [2.75, 3.05) is 0 Å². The first-order valence-corrected chi connectivity index (χ1v) is 4.54. The topological polar surface area (TPSA) is 56.7 Å². The number of aromatic nitrogens is 3. The normalized spacial score (nSPS) is 10.4. The van der Waals surface area contributed by atoms with Gasteiger partial charge in [0.1, 0.15) is 6.33 Å². The summed E-state index contributed by atoms with van der Waals surface area (Å²) in [5, 5.41) is 4.87. The van der Waals surface area contributed by atoms with E-state index in [1.54, 1.807) is 23.1 Å². The number of benzene rings is 1. The molecule has 2 aromatic rings. The Morgan fingerprint density at radius 3 is 2.57 bits per heavy atom. The van der Waals surface area contributed by atoms with Crippen molar-refractivity contribution in [2.24, 2.45) is 5.73 Å². The van der Waals surface area contributed by atoms with Crippen LogP contribution in [-0.2, 0) is 6.54 Å². The lowest BCUT2D eigenvalue weighted by Gasteiger charge is -1.98. The molecule has 0 fully saturated rings. The second-order valence-electron chi connectivity index (χ2n) is 2.79. The van der Waals surface area contributed by atoms with Gasteiger partial charge in [0.05, 0.1) is 12.2 Å². The van der Waals surface area contributed by atoms with Gasteiger partial charge in [-0.05, 0) is 24.3 Å². The van der Waals surface area contributed by atoms with Gasteiger partial charge < -0.3 is 5.73 Å². The van der Waals surface area contributed by atoms with Gasteiger partial charge in [-0.15, -0.1) is 5.10 Å². The third-order valence-corrected chi connectivity index (χ3v) is 2.07. The van der Waals surface area contributed by atoms with E-state index in [4.69, 9.17) is 17.3 Å². The average Bonchev–Trinajstić information content (AvgIpc) is 2.67. The molecule has 0 bridgehead atoms. The molecular weight excluding hydrogens is 200 g/mol. The van der Waals surface area contributed by atoms with E-state index in [1.807, 2.05) is 12.1 Å². The van der Waals surface area contributed by atoms with Gasteiger partial charge in [0.25, 0.3) is 0 Å². The third-order valence-electron chi connectivity index (χ3n) is 1.81. The first kappa shape index (κ1) is 9.18. The van der Waals surface area contributed by atoms with Crippen LogP contribution in [0.2, 0.25) is 5.02 Å². The van der Waals surface area contributed by atoms with Crippen molar-refractivity contribution in [3.63, 3.8) is 0 Å². The molecule has 0 saturated heterocycles.